The fourth-order valence-corrected chi connectivity index (χ4v) is 3.78. The third-order valence-corrected chi connectivity index (χ3v) is 5.00. The van der Waals surface area contributed by atoms with E-state index in [0.717, 1.165) is 12.8 Å². The molecule has 0 radical (unpaired) electrons. The van der Waals surface area contributed by atoms with Gasteiger partial charge in [0, 0.05) is 12.1 Å². The van der Waals surface area contributed by atoms with E-state index in [9.17, 15) is 9.50 Å². The number of hydrogen-bond acceptors (Lipinski definition) is 3. The van der Waals surface area contributed by atoms with E-state index in [2.05, 4.69) is 11.9 Å². The van der Waals surface area contributed by atoms with E-state index in [1.54, 1.807) is 6.07 Å². The first-order valence-corrected chi connectivity index (χ1v) is 7.18. The molecule has 2 atom stereocenters. The second-order valence-electron chi connectivity index (χ2n) is 6.15. The van der Waals surface area contributed by atoms with Crippen LogP contribution in [-0.4, -0.2) is 29.1 Å². The van der Waals surface area contributed by atoms with Gasteiger partial charge in [0.15, 0.2) is 0 Å². The van der Waals surface area contributed by atoms with Gasteiger partial charge in [0.1, 0.15) is 11.9 Å². The lowest BCUT2D eigenvalue weighted by Gasteiger charge is -2.50. The molecule has 2 aliphatic heterocycles. The summed E-state index contributed by atoms with van der Waals surface area (Å²) in [6.45, 7) is 0. The number of fused-ring (bicyclic) bond motifs is 2. The molecule has 0 amide bonds. The largest absolute Gasteiger partial charge is 0.385 e. The predicted molar refractivity (Wildman–Crippen MR) is 73.4 cm³/mol. The molecule has 106 valence electrons. The minimum Gasteiger partial charge on any atom is -0.385 e. The first-order valence-electron chi connectivity index (χ1n) is 7.18. The fraction of sp³-hybridized carbons (Fsp3) is 0.562. The summed E-state index contributed by atoms with van der Waals surface area (Å²) in [5.41, 5.74) is -0.318. The summed E-state index contributed by atoms with van der Waals surface area (Å²) >= 11 is 0. The lowest BCUT2D eigenvalue weighted by atomic mass is 9.73. The van der Waals surface area contributed by atoms with Crippen molar-refractivity contribution in [2.24, 2.45) is 0 Å². The van der Waals surface area contributed by atoms with Gasteiger partial charge in [0.25, 0.3) is 0 Å². The van der Waals surface area contributed by atoms with Gasteiger partial charge in [-0.3, -0.25) is 0 Å². The Kier molecular flexibility index (Phi) is 3.27. The summed E-state index contributed by atoms with van der Waals surface area (Å²) in [6.07, 6.45) is 4.68. The molecule has 2 fully saturated rings. The van der Waals surface area contributed by atoms with Crippen LogP contribution < -0.4 is 0 Å². The quantitative estimate of drug-likeness (QED) is 0.856. The zero-order chi connectivity index (χ0) is 14.3. The number of hydrogen-bond donors (Lipinski definition) is 1. The van der Waals surface area contributed by atoms with E-state index in [-0.39, 0.29) is 5.56 Å². The highest BCUT2D eigenvalue weighted by Crippen LogP contribution is 2.43. The highest BCUT2D eigenvalue weighted by molar-refractivity contribution is 5.36. The van der Waals surface area contributed by atoms with E-state index >= 15 is 0 Å². The maximum Gasteiger partial charge on any atom is 0.141 e. The van der Waals surface area contributed by atoms with Crippen LogP contribution in [0.1, 0.15) is 43.2 Å². The van der Waals surface area contributed by atoms with Crippen LogP contribution in [0.3, 0.4) is 0 Å². The van der Waals surface area contributed by atoms with Crippen LogP contribution in [0, 0.1) is 17.1 Å². The standard InChI is InChI=1S/C16H19FN2O/c1-19-13-3-2-4-14(19)9-16(20,8-13)12-6-5-11(10-18)15(17)7-12/h5-7,13-14,20H,2-4,8-9H2,1H3. The lowest BCUT2D eigenvalue weighted by molar-refractivity contribution is -0.0876. The molecule has 0 saturated carbocycles. The fourth-order valence-electron chi connectivity index (χ4n) is 3.78. The number of benzene rings is 1. The Morgan fingerprint density at radius 3 is 2.55 bits per heavy atom. The molecule has 3 nitrogen and oxygen atoms in total. The molecule has 2 heterocycles. The van der Waals surface area contributed by atoms with Gasteiger partial charge in [-0.15, -0.1) is 0 Å². The van der Waals surface area contributed by atoms with Crippen molar-refractivity contribution in [3.63, 3.8) is 0 Å². The highest BCUT2D eigenvalue weighted by atomic mass is 19.1. The van der Waals surface area contributed by atoms with Gasteiger partial charge in [0.2, 0.25) is 0 Å². The normalized spacial score (nSPS) is 33.7. The molecule has 1 aromatic rings. The topological polar surface area (TPSA) is 47.3 Å². The van der Waals surface area contributed by atoms with Gasteiger partial charge < -0.3 is 10.0 Å². The van der Waals surface area contributed by atoms with Crippen molar-refractivity contribution in [1.82, 2.24) is 4.90 Å². The van der Waals surface area contributed by atoms with Crippen LogP contribution in [-0.2, 0) is 5.60 Å². The second-order valence-corrected chi connectivity index (χ2v) is 6.15. The average Bonchev–Trinajstić information content (AvgIpc) is 2.41. The van der Waals surface area contributed by atoms with Crippen molar-refractivity contribution >= 4 is 0 Å². The van der Waals surface area contributed by atoms with Crippen LogP contribution in [0.5, 0.6) is 0 Å². The van der Waals surface area contributed by atoms with Gasteiger partial charge in [-0.2, -0.15) is 5.26 Å². The number of nitrogens with zero attached hydrogens (tertiary/aromatic N) is 2. The first kappa shape index (κ1) is 13.5. The van der Waals surface area contributed by atoms with Crippen LogP contribution in [0.25, 0.3) is 0 Å². The third-order valence-electron chi connectivity index (χ3n) is 5.00. The Morgan fingerprint density at radius 1 is 1.35 bits per heavy atom. The number of aliphatic hydroxyl groups is 1. The molecule has 1 N–H and O–H groups in total. The lowest BCUT2D eigenvalue weighted by Crippen LogP contribution is -2.55. The van der Waals surface area contributed by atoms with Crippen molar-refractivity contribution < 1.29 is 9.50 Å². The monoisotopic (exact) mass is 274 g/mol. The van der Waals surface area contributed by atoms with Crippen molar-refractivity contribution in [1.29, 1.82) is 5.26 Å². The summed E-state index contributed by atoms with van der Waals surface area (Å²) in [6, 6.07) is 7.05. The van der Waals surface area contributed by atoms with E-state index in [0.29, 0.717) is 30.5 Å². The number of halogens is 1. The molecule has 2 saturated heterocycles. The van der Waals surface area contributed by atoms with Crippen LogP contribution in [0.4, 0.5) is 4.39 Å². The maximum absolute atomic E-state index is 13.8. The van der Waals surface area contributed by atoms with Gasteiger partial charge >= 0.3 is 0 Å². The Balaban J connectivity index is 1.93. The second kappa shape index (κ2) is 4.83. The molecular weight excluding hydrogens is 255 g/mol. The number of piperidine rings is 2. The minimum atomic E-state index is -0.961. The van der Waals surface area contributed by atoms with Crippen LogP contribution in [0.15, 0.2) is 18.2 Å². The van der Waals surface area contributed by atoms with E-state index in [1.807, 2.05) is 6.07 Å². The summed E-state index contributed by atoms with van der Waals surface area (Å²) < 4.78 is 13.8. The molecule has 4 heteroatoms. The van der Waals surface area contributed by atoms with Gasteiger partial charge in [-0.1, -0.05) is 12.5 Å². The van der Waals surface area contributed by atoms with Crippen molar-refractivity contribution in [2.75, 3.05) is 7.05 Å². The van der Waals surface area contributed by atoms with Crippen molar-refractivity contribution in [3.05, 3.63) is 35.1 Å². The zero-order valence-corrected chi connectivity index (χ0v) is 11.6. The van der Waals surface area contributed by atoms with E-state index in [1.165, 1.54) is 18.6 Å². The third kappa shape index (κ3) is 2.11. The predicted octanol–water partition coefficient (Wildman–Crippen LogP) is 2.53. The van der Waals surface area contributed by atoms with Gasteiger partial charge in [-0.25, -0.2) is 4.39 Å². The summed E-state index contributed by atoms with van der Waals surface area (Å²) in [5.74, 6) is -0.539. The number of nitriles is 1. The summed E-state index contributed by atoms with van der Waals surface area (Å²) in [7, 11) is 2.12. The summed E-state index contributed by atoms with van der Waals surface area (Å²) in [4.78, 5) is 2.36. The van der Waals surface area contributed by atoms with Crippen molar-refractivity contribution in [3.8, 4) is 6.07 Å². The molecule has 3 rings (SSSR count). The molecule has 0 spiro atoms. The molecule has 0 aliphatic carbocycles. The molecule has 2 unspecified atom stereocenters. The molecule has 20 heavy (non-hydrogen) atoms. The minimum absolute atomic E-state index is 0.0328. The Hall–Kier alpha value is -1.44. The SMILES string of the molecule is CN1C2CCCC1CC(O)(c1ccc(C#N)c(F)c1)C2. The van der Waals surface area contributed by atoms with E-state index in [4.69, 9.17) is 5.26 Å². The zero-order valence-electron chi connectivity index (χ0n) is 11.6. The molecule has 1 aromatic carbocycles. The average molecular weight is 274 g/mol. The molecule has 2 bridgehead atoms. The van der Waals surface area contributed by atoms with E-state index < -0.39 is 11.4 Å². The van der Waals surface area contributed by atoms with Crippen LogP contribution in [0.2, 0.25) is 0 Å². The Labute approximate surface area is 118 Å². The van der Waals surface area contributed by atoms with Gasteiger partial charge in [-0.05, 0) is 50.4 Å². The van der Waals surface area contributed by atoms with Crippen molar-refractivity contribution in [2.45, 2.75) is 49.8 Å². The summed E-state index contributed by atoms with van der Waals surface area (Å²) in [5, 5.41) is 19.8. The highest BCUT2D eigenvalue weighted by Gasteiger charge is 2.44. The molecular formula is C16H19FN2O. The first-order chi connectivity index (χ1) is 9.53. The molecule has 0 aromatic heterocycles. The number of rotatable bonds is 1. The smallest absolute Gasteiger partial charge is 0.141 e. The van der Waals surface area contributed by atoms with Crippen LogP contribution >= 0.6 is 0 Å². The molecule has 2 aliphatic rings. The Bertz CT molecular complexity index is 552. The Morgan fingerprint density at radius 2 is 2.00 bits per heavy atom. The van der Waals surface area contributed by atoms with Gasteiger partial charge in [0.05, 0.1) is 11.2 Å². The maximum atomic E-state index is 13.8.